The molecule has 6 heteroatoms. The molecule has 0 aliphatic carbocycles. The van der Waals surface area contributed by atoms with Crippen molar-refractivity contribution in [2.24, 2.45) is 0 Å². The lowest BCUT2D eigenvalue weighted by atomic mass is 10.0. The van der Waals surface area contributed by atoms with Crippen LogP contribution in [0.1, 0.15) is 24.0 Å². The fourth-order valence-electron chi connectivity index (χ4n) is 2.33. The molecule has 0 bridgehead atoms. The molecule has 20 heavy (non-hydrogen) atoms. The molecule has 1 fully saturated rings. The maximum absolute atomic E-state index is 12.6. The molecule has 1 amide bonds. The molecule has 0 spiro atoms. The molecule has 110 valence electrons. The SMILES string of the molecule is O=C(Cc1cccc(C(F)(F)F)c1)N1CCC[C@H](O)C1. The predicted octanol–water partition coefficient (Wildman–Crippen LogP) is 2.23. The number of nitrogens with zero attached hydrogens (tertiary/aromatic N) is 1. The highest BCUT2D eigenvalue weighted by atomic mass is 19.4. The Hall–Kier alpha value is -1.56. The van der Waals surface area contributed by atoms with Gasteiger partial charge in [0.2, 0.25) is 5.91 Å². The van der Waals surface area contributed by atoms with Gasteiger partial charge in [-0.3, -0.25) is 4.79 Å². The van der Waals surface area contributed by atoms with Crippen LogP contribution in [0.2, 0.25) is 0 Å². The Bertz CT molecular complexity index is 488. The number of carbonyl (C=O) groups excluding carboxylic acids is 1. The summed E-state index contributed by atoms with van der Waals surface area (Å²) in [6.45, 7) is 0.812. The van der Waals surface area contributed by atoms with Crippen molar-refractivity contribution in [2.45, 2.75) is 31.5 Å². The second kappa shape index (κ2) is 5.83. The highest BCUT2D eigenvalue weighted by molar-refractivity contribution is 5.79. The van der Waals surface area contributed by atoms with Crippen molar-refractivity contribution in [2.75, 3.05) is 13.1 Å². The molecular formula is C14H16F3NO2. The van der Waals surface area contributed by atoms with Gasteiger partial charge in [-0.15, -0.1) is 0 Å². The van der Waals surface area contributed by atoms with Crippen molar-refractivity contribution < 1.29 is 23.1 Å². The average Bonchev–Trinajstić information content (AvgIpc) is 2.38. The number of likely N-dealkylation sites (tertiary alicyclic amines) is 1. The lowest BCUT2D eigenvalue weighted by Crippen LogP contribution is -2.42. The van der Waals surface area contributed by atoms with Crippen molar-refractivity contribution >= 4 is 5.91 Å². The highest BCUT2D eigenvalue weighted by Crippen LogP contribution is 2.29. The Morgan fingerprint density at radius 1 is 1.40 bits per heavy atom. The highest BCUT2D eigenvalue weighted by Gasteiger charge is 2.30. The van der Waals surface area contributed by atoms with Gasteiger partial charge in [0.1, 0.15) is 0 Å². The third kappa shape index (κ3) is 3.72. The van der Waals surface area contributed by atoms with Crippen LogP contribution in [0.15, 0.2) is 24.3 Å². The molecule has 1 aliphatic rings. The van der Waals surface area contributed by atoms with E-state index in [0.717, 1.165) is 18.6 Å². The van der Waals surface area contributed by atoms with E-state index in [2.05, 4.69) is 0 Å². The van der Waals surface area contributed by atoms with Crippen LogP contribution in [0, 0.1) is 0 Å². The zero-order valence-electron chi connectivity index (χ0n) is 10.9. The number of hydrogen-bond acceptors (Lipinski definition) is 2. The number of piperidine rings is 1. The largest absolute Gasteiger partial charge is 0.416 e. The van der Waals surface area contributed by atoms with E-state index in [0.29, 0.717) is 18.5 Å². The number of benzene rings is 1. The summed E-state index contributed by atoms with van der Waals surface area (Å²) >= 11 is 0. The third-order valence-corrected chi connectivity index (χ3v) is 3.36. The van der Waals surface area contributed by atoms with Crippen molar-refractivity contribution in [3.63, 3.8) is 0 Å². The number of β-amino-alcohol motifs (C(OH)–C–C–N with tert-alkyl or cyclic N) is 1. The minimum absolute atomic E-state index is 0.0728. The van der Waals surface area contributed by atoms with E-state index < -0.39 is 17.8 Å². The molecule has 1 saturated heterocycles. The number of hydrogen-bond donors (Lipinski definition) is 1. The molecule has 1 atom stereocenters. The predicted molar refractivity (Wildman–Crippen MR) is 67.0 cm³/mol. The first kappa shape index (κ1) is 14.8. The summed E-state index contributed by atoms with van der Waals surface area (Å²) in [6, 6.07) is 4.79. The zero-order valence-corrected chi connectivity index (χ0v) is 10.9. The fraction of sp³-hybridized carbons (Fsp3) is 0.500. The van der Waals surface area contributed by atoms with E-state index in [4.69, 9.17) is 0 Å². The first-order valence-corrected chi connectivity index (χ1v) is 6.48. The van der Waals surface area contributed by atoms with Gasteiger partial charge < -0.3 is 10.0 Å². The van der Waals surface area contributed by atoms with Gasteiger partial charge in [0, 0.05) is 13.1 Å². The van der Waals surface area contributed by atoms with Gasteiger partial charge in [-0.25, -0.2) is 0 Å². The average molecular weight is 287 g/mol. The summed E-state index contributed by atoms with van der Waals surface area (Å²) in [5, 5.41) is 9.50. The zero-order chi connectivity index (χ0) is 14.8. The van der Waals surface area contributed by atoms with E-state index >= 15 is 0 Å². The Balaban J connectivity index is 2.04. The lowest BCUT2D eigenvalue weighted by molar-refractivity contribution is -0.138. The van der Waals surface area contributed by atoms with E-state index in [9.17, 15) is 23.1 Å². The molecule has 1 N–H and O–H groups in total. The number of rotatable bonds is 2. The number of alkyl halides is 3. The van der Waals surface area contributed by atoms with Crippen LogP contribution in [-0.2, 0) is 17.4 Å². The van der Waals surface area contributed by atoms with Gasteiger partial charge in [-0.05, 0) is 24.5 Å². The van der Waals surface area contributed by atoms with Gasteiger partial charge in [-0.2, -0.15) is 13.2 Å². The van der Waals surface area contributed by atoms with Crippen molar-refractivity contribution in [1.29, 1.82) is 0 Å². The smallest absolute Gasteiger partial charge is 0.391 e. The van der Waals surface area contributed by atoms with Crippen molar-refractivity contribution in [1.82, 2.24) is 4.90 Å². The molecule has 0 radical (unpaired) electrons. The maximum Gasteiger partial charge on any atom is 0.416 e. The van der Waals surface area contributed by atoms with Gasteiger partial charge in [0.25, 0.3) is 0 Å². The fourth-order valence-corrected chi connectivity index (χ4v) is 2.33. The molecule has 1 aliphatic heterocycles. The lowest BCUT2D eigenvalue weighted by Gasteiger charge is -2.30. The first-order chi connectivity index (χ1) is 9.36. The normalized spacial score (nSPS) is 20.0. The second-order valence-corrected chi connectivity index (χ2v) is 5.01. The first-order valence-electron chi connectivity index (χ1n) is 6.48. The summed E-state index contributed by atoms with van der Waals surface area (Å²) in [5.74, 6) is -0.247. The molecule has 2 rings (SSSR count). The van der Waals surface area contributed by atoms with Gasteiger partial charge in [0.15, 0.2) is 0 Å². The molecule has 3 nitrogen and oxygen atoms in total. The van der Waals surface area contributed by atoms with Crippen LogP contribution < -0.4 is 0 Å². The summed E-state index contributed by atoms with van der Waals surface area (Å²) in [6.07, 6.45) is -3.63. The number of aliphatic hydroxyl groups excluding tert-OH is 1. The van der Waals surface area contributed by atoms with Gasteiger partial charge >= 0.3 is 6.18 Å². The number of amides is 1. The minimum Gasteiger partial charge on any atom is -0.391 e. The molecule has 0 saturated carbocycles. The molecule has 1 aromatic rings. The van der Waals surface area contributed by atoms with Gasteiger partial charge in [0.05, 0.1) is 18.1 Å². The Labute approximate surface area is 115 Å². The molecule has 0 aromatic heterocycles. The van der Waals surface area contributed by atoms with Crippen molar-refractivity contribution in [3.05, 3.63) is 35.4 Å². The quantitative estimate of drug-likeness (QED) is 0.906. The van der Waals surface area contributed by atoms with Crippen molar-refractivity contribution in [3.8, 4) is 0 Å². The second-order valence-electron chi connectivity index (χ2n) is 5.01. The number of aliphatic hydroxyl groups is 1. The Kier molecular flexibility index (Phi) is 4.32. The van der Waals surface area contributed by atoms with E-state index in [-0.39, 0.29) is 18.9 Å². The standard InChI is InChI=1S/C14H16F3NO2/c15-14(16,17)11-4-1-3-10(7-11)8-13(20)18-6-2-5-12(19)9-18/h1,3-4,7,12,19H,2,5-6,8-9H2/t12-/m0/s1. The summed E-state index contributed by atoms with van der Waals surface area (Å²) < 4.78 is 37.7. The van der Waals surface area contributed by atoms with Crippen LogP contribution in [0.3, 0.4) is 0 Å². The molecular weight excluding hydrogens is 271 g/mol. The van der Waals surface area contributed by atoms with Gasteiger partial charge in [-0.1, -0.05) is 18.2 Å². The Morgan fingerprint density at radius 3 is 2.80 bits per heavy atom. The van der Waals surface area contributed by atoms with E-state index in [1.54, 1.807) is 0 Å². The third-order valence-electron chi connectivity index (χ3n) is 3.36. The van der Waals surface area contributed by atoms with Crippen LogP contribution in [-0.4, -0.2) is 35.1 Å². The minimum atomic E-state index is -4.40. The summed E-state index contributed by atoms with van der Waals surface area (Å²) in [5.41, 5.74) is -0.411. The van der Waals surface area contributed by atoms with E-state index in [1.807, 2.05) is 0 Å². The maximum atomic E-state index is 12.6. The molecule has 1 aromatic carbocycles. The molecule has 1 heterocycles. The number of halogens is 3. The van der Waals surface area contributed by atoms with Crippen LogP contribution in [0.25, 0.3) is 0 Å². The van der Waals surface area contributed by atoms with Crippen LogP contribution in [0.5, 0.6) is 0 Å². The summed E-state index contributed by atoms with van der Waals surface area (Å²) in [7, 11) is 0. The van der Waals surface area contributed by atoms with Crippen LogP contribution in [0.4, 0.5) is 13.2 Å². The Morgan fingerprint density at radius 2 is 2.15 bits per heavy atom. The summed E-state index contributed by atoms with van der Waals surface area (Å²) in [4.78, 5) is 13.5. The molecule has 0 unspecified atom stereocenters. The number of carbonyl (C=O) groups is 1. The monoisotopic (exact) mass is 287 g/mol. The topological polar surface area (TPSA) is 40.5 Å². The van der Waals surface area contributed by atoms with Crippen LogP contribution >= 0.6 is 0 Å². The van der Waals surface area contributed by atoms with E-state index in [1.165, 1.54) is 17.0 Å².